The van der Waals surface area contributed by atoms with Crippen molar-refractivity contribution < 1.29 is 33.9 Å². The van der Waals surface area contributed by atoms with E-state index < -0.39 is 66.1 Å². The molecule has 4 atom stereocenters. The Balaban J connectivity index is 3.06. The lowest BCUT2D eigenvalue weighted by molar-refractivity contribution is -0.143. The van der Waals surface area contributed by atoms with Crippen LogP contribution < -0.4 is 44.6 Å². The summed E-state index contributed by atoms with van der Waals surface area (Å²) < 4.78 is 0. The Bertz CT molecular complexity index is 1080. The first kappa shape index (κ1) is 33.3. The SMILES string of the molecule is NC(=O)CCC(NC(=O)C(N)Cc1ccccc1)C(=O)NC(CCCN=C(N)N)C(=O)NC(CC(N)=O)C(=O)O. The van der Waals surface area contributed by atoms with E-state index in [-0.39, 0.29) is 44.6 Å². The monoisotopic (exact) mass is 563 g/mol. The minimum absolute atomic E-state index is 0.0543. The summed E-state index contributed by atoms with van der Waals surface area (Å²) in [5.41, 5.74) is 27.6. The number of carbonyl (C=O) groups excluding carboxylic acids is 5. The number of carboxylic acids is 1. The molecule has 16 nitrogen and oxygen atoms in total. The van der Waals surface area contributed by atoms with Gasteiger partial charge in [-0.25, -0.2) is 4.79 Å². The number of amides is 5. The molecule has 0 saturated carbocycles. The molecule has 1 aromatic rings. The summed E-state index contributed by atoms with van der Waals surface area (Å²) in [6.45, 7) is 0.0851. The van der Waals surface area contributed by atoms with Gasteiger partial charge in [0.2, 0.25) is 29.5 Å². The molecule has 0 saturated heterocycles. The van der Waals surface area contributed by atoms with Crippen LogP contribution in [0.4, 0.5) is 0 Å². The third kappa shape index (κ3) is 13.2. The first-order valence-corrected chi connectivity index (χ1v) is 12.4. The van der Waals surface area contributed by atoms with Crippen molar-refractivity contribution in [1.82, 2.24) is 16.0 Å². The van der Waals surface area contributed by atoms with Gasteiger partial charge in [0.25, 0.3) is 0 Å². The first-order chi connectivity index (χ1) is 18.8. The average Bonchev–Trinajstić information content (AvgIpc) is 2.87. The Hall–Kier alpha value is -4.73. The van der Waals surface area contributed by atoms with Crippen molar-refractivity contribution >= 4 is 41.5 Å². The first-order valence-electron chi connectivity index (χ1n) is 12.4. The number of carbonyl (C=O) groups is 6. The van der Waals surface area contributed by atoms with Crippen LogP contribution in [0.25, 0.3) is 0 Å². The van der Waals surface area contributed by atoms with Crippen LogP contribution in [-0.2, 0) is 35.2 Å². The minimum atomic E-state index is -1.65. The van der Waals surface area contributed by atoms with E-state index in [4.69, 9.17) is 28.7 Å². The molecule has 0 spiro atoms. The molecular formula is C24H37N9O7. The normalized spacial score (nSPS) is 13.5. The molecule has 4 unspecified atom stereocenters. The number of aliphatic carboxylic acids is 1. The zero-order valence-corrected chi connectivity index (χ0v) is 21.9. The molecule has 16 heteroatoms. The fraction of sp³-hybridized carbons (Fsp3) is 0.458. The molecule has 0 heterocycles. The van der Waals surface area contributed by atoms with E-state index in [1.807, 2.05) is 0 Å². The number of carboxylic acid groups (broad SMARTS) is 1. The van der Waals surface area contributed by atoms with E-state index in [0.29, 0.717) is 0 Å². The fourth-order valence-corrected chi connectivity index (χ4v) is 3.51. The van der Waals surface area contributed by atoms with Gasteiger partial charge in [0.05, 0.1) is 12.5 Å². The van der Waals surface area contributed by atoms with Gasteiger partial charge in [-0.2, -0.15) is 0 Å². The summed E-state index contributed by atoms with van der Waals surface area (Å²) in [5.74, 6) is -5.90. The number of nitrogens with two attached hydrogens (primary N) is 5. The molecule has 40 heavy (non-hydrogen) atoms. The van der Waals surface area contributed by atoms with Crippen LogP contribution in [0, 0.1) is 0 Å². The van der Waals surface area contributed by atoms with Gasteiger partial charge in [-0.1, -0.05) is 30.3 Å². The van der Waals surface area contributed by atoms with Crippen LogP contribution in [0.3, 0.4) is 0 Å². The Morgan fingerprint density at radius 2 is 1.32 bits per heavy atom. The predicted molar refractivity (Wildman–Crippen MR) is 144 cm³/mol. The van der Waals surface area contributed by atoms with Crippen molar-refractivity contribution in [1.29, 1.82) is 0 Å². The predicted octanol–water partition coefficient (Wildman–Crippen LogP) is -3.71. The number of benzene rings is 1. The zero-order chi connectivity index (χ0) is 30.2. The summed E-state index contributed by atoms with van der Waals surface area (Å²) in [5, 5.41) is 16.4. The van der Waals surface area contributed by atoms with Gasteiger partial charge >= 0.3 is 5.97 Å². The molecule has 0 aliphatic rings. The average molecular weight is 564 g/mol. The number of primary amides is 2. The van der Waals surface area contributed by atoms with Crippen LogP contribution in [0.1, 0.15) is 37.7 Å². The van der Waals surface area contributed by atoms with Crippen LogP contribution in [0.5, 0.6) is 0 Å². The second-order valence-electron chi connectivity index (χ2n) is 8.94. The molecular weight excluding hydrogens is 526 g/mol. The Morgan fingerprint density at radius 1 is 0.775 bits per heavy atom. The molecule has 0 aromatic heterocycles. The highest BCUT2D eigenvalue weighted by atomic mass is 16.4. The van der Waals surface area contributed by atoms with Crippen LogP contribution in [0.15, 0.2) is 35.3 Å². The van der Waals surface area contributed by atoms with Crippen molar-refractivity contribution in [3.8, 4) is 0 Å². The number of nitrogens with zero attached hydrogens (tertiary/aromatic N) is 1. The lowest BCUT2D eigenvalue weighted by atomic mass is 10.0. The molecule has 0 aliphatic carbocycles. The quantitative estimate of drug-likeness (QED) is 0.0478. The highest BCUT2D eigenvalue weighted by Crippen LogP contribution is 2.06. The number of guanidine groups is 1. The largest absolute Gasteiger partial charge is 0.480 e. The van der Waals surface area contributed by atoms with E-state index in [1.165, 1.54) is 0 Å². The maximum Gasteiger partial charge on any atom is 0.326 e. The summed E-state index contributed by atoms with van der Waals surface area (Å²) in [6.07, 6.45) is -0.860. The van der Waals surface area contributed by atoms with Gasteiger partial charge < -0.3 is 49.7 Å². The van der Waals surface area contributed by atoms with Crippen molar-refractivity contribution in [2.75, 3.05) is 6.54 Å². The summed E-state index contributed by atoms with van der Waals surface area (Å²) in [4.78, 5) is 76.7. The fourth-order valence-electron chi connectivity index (χ4n) is 3.51. The summed E-state index contributed by atoms with van der Waals surface area (Å²) >= 11 is 0. The third-order valence-electron chi connectivity index (χ3n) is 5.55. The third-order valence-corrected chi connectivity index (χ3v) is 5.55. The zero-order valence-electron chi connectivity index (χ0n) is 21.9. The van der Waals surface area contributed by atoms with Gasteiger partial charge in [0.1, 0.15) is 18.1 Å². The summed E-state index contributed by atoms with van der Waals surface area (Å²) in [7, 11) is 0. The molecule has 1 rings (SSSR count). The number of hydrogen-bond acceptors (Lipinski definition) is 8. The van der Waals surface area contributed by atoms with Crippen LogP contribution in [-0.4, -0.2) is 77.3 Å². The number of hydrogen-bond donors (Lipinski definition) is 9. The molecule has 220 valence electrons. The van der Waals surface area contributed by atoms with Gasteiger partial charge in [0, 0.05) is 13.0 Å². The van der Waals surface area contributed by atoms with Gasteiger partial charge in [0.15, 0.2) is 5.96 Å². The number of rotatable bonds is 18. The highest BCUT2D eigenvalue weighted by Gasteiger charge is 2.31. The lowest BCUT2D eigenvalue weighted by Crippen LogP contribution is -2.57. The van der Waals surface area contributed by atoms with E-state index >= 15 is 0 Å². The second kappa shape index (κ2) is 17.0. The number of nitrogens with one attached hydrogen (secondary N) is 3. The van der Waals surface area contributed by atoms with E-state index in [9.17, 15) is 33.9 Å². The smallest absolute Gasteiger partial charge is 0.326 e. The van der Waals surface area contributed by atoms with Crippen LogP contribution in [0.2, 0.25) is 0 Å². The number of aliphatic imine (C=N–C) groups is 1. The Labute approximate surface area is 230 Å². The highest BCUT2D eigenvalue weighted by molar-refractivity contribution is 5.95. The topological polar surface area (TPSA) is 301 Å². The van der Waals surface area contributed by atoms with Crippen molar-refractivity contribution in [3.05, 3.63) is 35.9 Å². The van der Waals surface area contributed by atoms with Crippen molar-refractivity contribution in [2.24, 2.45) is 33.7 Å². The van der Waals surface area contributed by atoms with Crippen molar-refractivity contribution in [2.45, 2.75) is 62.7 Å². The van der Waals surface area contributed by atoms with Gasteiger partial charge in [-0.15, -0.1) is 0 Å². The maximum atomic E-state index is 13.2. The van der Waals surface area contributed by atoms with Crippen molar-refractivity contribution in [3.63, 3.8) is 0 Å². The summed E-state index contributed by atoms with van der Waals surface area (Å²) in [6, 6.07) is 3.59. The molecule has 0 radical (unpaired) electrons. The molecule has 0 bridgehead atoms. The second-order valence-corrected chi connectivity index (χ2v) is 8.94. The molecule has 0 aliphatic heterocycles. The molecule has 0 fully saturated rings. The van der Waals surface area contributed by atoms with E-state index in [2.05, 4.69) is 20.9 Å². The Kier molecular flexibility index (Phi) is 14.1. The lowest BCUT2D eigenvalue weighted by Gasteiger charge is -2.25. The maximum absolute atomic E-state index is 13.2. The minimum Gasteiger partial charge on any atom is -0.480 e. The standard InChI is InChI=1S/C24H37N9O7/c25-14(11-13-5-2-1-3-6-13)20(36)31-16(8-9-18(26)34)22(38)32-15(7-4-10-30-24(28)29)21(37)33-17(23(39)40)12-19(27)35/h1-3,5-6,14-17H,4,7-12,25H2,(H2,26,34)(H2,27,35)(H,31,36)(H,32,38)(H,33,37)(H,39,40)(H4,28,29,30). The van der Waals surface area contributed by atoms with Crippen LogP contribution >= 0.6 is 0 Å². The van der Waals surface area contributed by atoms with E-state index in [0.717, 1.165) is 5.56 Å². The van der Waals surface area contributed by atoms with Gasteiger partial charge in [-0.05, 0) is 31.2 Å². The molecule has 5 amide bonds. The van der Waals surface area contributed by atoms with Gasteiger partial charge in [-0.3, -0.25) is 29.0 Å². The van der Waals surface area contributed by atoms with E-state index in [1.54, 1.807) is 30.3 Å². The molecule has 14 N–H and O–H groups in total. The Morgan fingerprint density at radius 3 is 1.85 bits per heavy atom. The molecule has 1 aromatic carbocycles.